The van der Waals surface area contributed by atoms with E-state index >= 15 is 0 Å². The Bertz CT molecular complexity index is 450. The molecule has 0 radical (unpaired) electrons. The van der Waals surface area contributed by atoms with E-state index in [1.807, 2.05) is 12.1 Å². The minimum Gasteiger partial charge on any atom is -0.464 e. The molecule has 0 aromatic carbocycles. The van der Waals surface area contributed by atoms with E-state index in [1.54, 1.807) is 12.5 Å². The predicted octanol–water partition coefficient (Wildman–Crippen LogP) is 2.24. The quantitative estimate of drug-likeness (QED) is 0.757. The van der Waals surface area contributed by atoms with E-state index < -0.39 is 0 Å². The third-order valence-electron chi connectivity index (χ3n) is 2.35. The van der Waals surface area contributed by atoms with E-state index in [-0.39, 0.29) is 0 Å². The Labute approximate surface area is 95.1 Å². The highest BCUT2D eigenvalue weighted by Gasteiger charge is 2.03. The number of anilines is 1. The maximum absolute atomic E-state index is 5.31. The van der Waals surface area contributed by atoms with Gasteiger partial charge in [-0.05, 0) is 12.1 Å². The molecule has 4 heteroatoms. The van der Waals surface area contributed by atoms with Gasteiger partial charge in [-0.3, -0.25) is 0 Å². The van der Waals surface area contributed by atoms with Crippen LogP contribution >= 0.6 is 0 Å². The van der Waals surface area contributed by atoms with Crippen LogP contribution in [0.5, 0.6) is 0 Å². The third-order valence-corrected chi connectivity index (χ3v) is 2.35. The monoisotopic (exact) mass is 219 g/mol. The SMILES string of the molecule is CC(C)NCCNc1nccc2occc12. The van der Waals surface area contributed by atoms with Crippen LogP contribution in [0.2, 0.25) is 0 Å². The molecular formula is C12H17N3O. The zero-order chi connectivity index (χ0) is 11.4. The number of hydrogen-bond donors (Lipinski definition) is 2. The lowest BCUT2D eigenvalue weighted by molar-refractivity contribution is 0.602. The maximum atomic E-state index is 5.31. The van der Waals surface area contributed by atoms with Crippen molar-refractivity contribution in [2.45, 2.75) is 19.9 Å². The lowest BCUT2D eigenvalue weighted by Gasteiger charge is -2.09. The Morgan fingerprint density at radius 1 is 1.31 bits per heavy atom. The van der Waals surface area contributed by atoms with E-state index in [4.69, 9.17) is 4.42 Å². The summed E-state index contributed by atoms with van der Waals surface area (Å²) in [5.74, 6) is 0.886. The van der Waals surface area contributed by atoms with Crippen LogP contribution in [0.15, 0.2) is 29.0 Å². The first-order valence-electron chi connectivity index (χ1n) is 5.57. The Balaban J connectivity index is 1.96. The van der Waals surface area contributed by atoms with Crippen LogP contribution in [-0.2, 0) is 0 Å². The van der Waals surface area contributed by atoms with Gasteiger partial charge in [0.1, 0.15) is 11.4 Å². The summed E-state index contributed by atoms with van der Waals surface area (Å²) in [6.07, 6.45) is 3.44. The summed E-state index contributed by atoms with van der Waals surface area (Å²) >= 11 is 0. The van der Waals surface area contributed by atoms with Crippen molar-refractivity contribution in [2.75, 3.05) is 18.4 Å². The summed E-state index contributed by atoms with van der Waals surface area (Å²) in [6.45, 7) is 6.05. The van der Waals surface area contributed by atoms with Crippen molar-refractivity contribution in [3.8, 4) is 0 Å². The van der Waals surface area contributed by atoms with E-state index in [0.29, 0.717) is 6.04 Å². The molecule has 0 spiro atoms. The molecule has 2 rings (SSSR count). The van der Waals surface area contributed by atoms with E-state index in [9.17, 15) is 0 Å². The fraction of sp³-hybridized carbons (Fsp3) is 0.417. The number of furan rings is 1. The summed E-state index contributed by atoms with van der Waals surface area (Å²) in [5, 5.41) is 7.67. The minimum absolute atomic E-state index is 0.513. The van der Waals surface area contributed by atoms with Crippen LogP contribution < -0.4 is 10.6 Å². The van der Waals surface area contributed by atoms with Gasteiger partial charge in [0.05, 0.1) is 11.6 Å². The van der Waals surface area contributed by atoms with Crippen molar-refractivity contribution >= 4 is 16.8 Å². The van der Waals surface area contributed by atoms with Crippen LogP contribution in [-0.4, -0.2) is 24.1 Å². The van der Waals surface area contributed by atoms with Gasteiger partial charge in [0, 0.05) is 25.3 Å². The van der Waals surface area contributed by atoms with Gasteiger partial charge in [0.2, 0.25) is 0 Å². The number of fused-ring (bicyclic) bond motifs is 1. The van der Waals surface area contributed by atoms with Crippen molar-refractivity contribution in [1.82, 2.24) is 10.3 Å². The Hall–Kier alpha value is -1.55. The zero-order valence-corrected chi connectivity index (χ0v) is 9.66. The summed E-state index contributed by atoms with van der Waals surface area (Å²) < 4.78 is 5.31. The number of hydrogen-bond acceptors (Lipinski definition) is 4. The van der Waals surface area contributed by atoms with Gasteiger partial charge in [-0.2, -0.15) is 0 Å². The Morgan fingerprint density at radius 2 is 2.19 bits per heavy atom. The number of aromatic nitrogens is 1. The fourth-order valence-electron chi connectivity index (χ4n) is 1.58. The van der Waals surface area contributed by atoms with Crippen molar-refractivity contribution < 1.29 is 4.42 Å². The second-order valence-corrected chi connectivity index (χ2v) is 4.03. The topological polar surface area (TPSA) is 50.1 Å². The number of pyridine rings is 1. The van der Waals surface area contributed by atoms with Crippen LogP contribution in [0, 0.1) is 0 Å². The molecule has 2 heterocycles. The molecule has 2 aromatic rings. The molecule has 0 bridgehead atoms. The van der Waals surface area contributed by atoms with Crippen LogP contribution in [0.25, 0.3) is 11.0 Å². The van der Waals surface area contributed by atoms with Crippen molar-refractivity contribution in [3.63, 3.8) is 0 Å². The molecule has 0 atom stereocenters. The van der Waals surface area contributed by atoms with E-state index in [2.05, 4.69) is 29.5 Å². The second-order valence-electron chi connectivity index (χ2n) is 4.03. The average Bonchev–Trinajstić information content (AvgIpc) is 2.72. The highest BCUT2D eigenvalue weighted by Crippen LogP contribution is 2.21. The smallest absolute Gasteiger partial charge is 0.139 e. The maximum Gasteiger partial charge on any atom is 0.139 e. The molecule has 2 aromatic heterocycles. The summed E-state index contributed by atoms with van der Waals surface area (Å²) in [4.78, 5) is 4.30. The van der Waals surface area contributed by atoms with E-state index in [1.165, 1.54) is 0 Å². The molecule has 0 amide bonds. The highest BCUT2D eigenvalue weighted by atomic mass is 16.3. The van der Waals surface area contributed by atoms with Crippen LogP contribution in [0.4, 0.5) is 5.82 Å². The molecule has 0 aliphatic rings. The molecule has 0 aliphatic heterocycles. The van der Waals surface area contributed by atoms with Crippen LogP contribution in [0.3, 0.4) is 0 Å². The zero-order valence-electron chi connectivity index (χ0n) is 9.66. The molecule has 0 saturated carbocycles. The lowest BCUT2D eigenvalue weighted by atomic mass is 10.3. The second kappa shape index (κ2) is 4.99. The number of rotatable bonds is 5. The van der Waals surface area contributed by atoms with Crippen molar-refractivity contribution in [2.24, 2.45) is 0 Å². The van der Waals surface area contributed by atoms with Gasteiger partial charge < -0.3 is 15.1 Å². The number of nitrogens with one attached hydrogen (secondary N) is 2. The normalized spacial score (nSPS) is 11.2. The van der Waals surface area contributed by atoms with Gasteiger partial charge in [-0.15, -0.1) is 0 Å². The highest BCUT2D eigenvalue weighted by molar-refractivity contribution is 5.87. The Kier molecular flexibility index (Phi) is 3.41. The number of nitrogens with zero attached hydrogens (tertiary/aromatic N) is 1. The third kappa shape index (κ3) is 2.52. The summed E-state index contributed by atoms with van der Waals surface area (Å²) in [6, 6.07) is 4.31. The van der Waals surface area contributed by atoms with Crippen molar-refractivity contribution in [1.29, 1.82) is 0 Å². The molecule has 0 fully saturated rings. The molecule has 16 heavy (non-hydrogen) atoms. The van der Waals surface area contributed by atoms with Gasteiger partial charge in [0.15, 0.2) is 0 Å². The molecule has 0 saturated heterocycles. The first-order chi connectivity index (χ1) is 7.77. The molecular weight excluding hydrogens is 202 g/mol. The first kappa shape index (κ1) is 11.0. The van der Waals surface area contributed by atoms with Crippen molar-refractivity contribution in [3.05, 3.63) is 24.6 Å². The molecule has 0 aliphatic carbocycles. The largest absolute Gasteiger partial charge is 0.464 e. The van der Waals surface area contributed by atoms with Gasteiger partial charge >= 0.3 is 0 Å². The standard InChI is InChI=1S/C12H17N3O/c1-9(2)13-6-7-15-12-10-4-8-16-11(10)3-5-14-12/h3-5,8-9,13H,6-7H2,1-2H3,(H,14,15). The fourth-order valence-corrected chi connectivity index (χ4v) is 1.58. The first-order valence-corrected chi connectivity index (χ1v) is 5.57. The van der Waals surface area contributed by atoms with Crippen LogP contribution in [0.1, 0.15) is 13.8 Å². The van der Waals surface area contributed by atoms with Gasteiger partial charge in [0.25, 0.3) is 0 Å². The molecule has 2 N–H and O–H groups in total. The molecule has 4 nitrogen and oxygen atoms in total. The summed E-state index contributed by atoms with van der Waals surface area (Å²) in [7, 11) is 0. The average molecular weight is 219 g/mol. The molecule has 86 valence electrons. The molecule has 0 unspecified atom stereocenters. The predicted molar refractivity (Wildman–Crippen MR) is 65.6 cm³/mol. The minimum atomic E-state index is 0.513. The summed E-state index contributed by atoms with van der Waals surface area (Å²) in [5.41, 5.74) is 0.870. The van der Waals surface area contributed by atoms with Gasteiger partial charge in [-0.1, -0.05) is 13.8 Å². The van der Waals surface area contributed by atoms with E-state index in [0.717, 1.165) is 29.9 Å². The van der Waals surface area contributed by atoms with Gasteiger partial charge in [-0.25, -0.2) is 4.98 Å². The lowest BCUT2D eigenvalue weighted by Crippen LogP contribution is -2.28. The Morgan fingerprint density at radius 3 is 3.00 bits per heavy atom.